The number of rotatable bonds is 0. The summed E-state index contributed by atoms with van der Waals surface area (Å²) in [7, 11) is 0. The van der Waals surface area contributed by atoms with Crippen LogP contribution in [-0.2, 0) is 10.3 Å². The summed E-state index contributed by atoms with van der Waals surface area (Å²) in [5, 5.41) is 10.2. The molecule has 1 aromatic carbocycles. The van der Waals surface area contributed by atoms with Gasteiger partial charge in [0.15, 0.2) is 11.5 Å². The summed E-state index contributed by atoms with van der Waals surface area (Å²) in [4.78, 5) is 4.38. The Morgan fingerprint density at radius 2 is 2.25 bits per heavy atom. The van der Waals surface area contributed by atoms with Crippen molar-refractivity contribution >= 4 is 11.6 Å². The zero-order valence-electron chi connectivity index (χ0n) is 9.31. The molecule has 2 aliphatic rings. The first-order valence-electron chi connectivity index (χ1n) is 5.74. The molecule has 0 saturated heterocycles. The van der Waals surface area contributed by atoms with E-state index in [0.29, 0.717) is 5.90 Å². The van der Waals surface area contributed by atoms with Crippen LogP contribution in [0.4, 0.5) is 5.69 Å². The van der Waals surface area contributed by atoms with E-state index in [1.165, 1.54) is 0 Å². The maximum Gasteiger partial charge on any atom is 0.186 e. The molecule has 1 N–H and O–H groups in total. The molecular weight excluding hydrogens is 202 g/mol. The van der Waals surface area contributed by atoms with E-state index in [2.05, 4.69) is 4.99 Å². The molecule has 2 atom stereocenters. The lowest BCUT2D eigenvalue weighted by atomic mass is 9.88. The topological polar surface area (TPSA) is 41.8 Å². The van der Waals surface area contributed by atoms with Crippen LogP contribution in [0.25, 0.3) is 0 Å². The van der Waals surface area contributed by atoms with Crippen molar-refractivity contribution in [1.29, 1.82) is 0 Å². The number of fused-ring (bicyclic) bond motifs is 2. The number of benzene rings is 1. The Morgan fingerprint density at radius 3 is 3.00 bits per heavy atom. The van der Waals surface area contributed by atoms with Gasteiger partial charge in [-0.25, -0.2) is 4.99 Å². The van der Waals surface area contributed by atoms with E-state index in [0.717, 1.165) is 30.5 Å². The highest BCUT2D eigenvalue weighted by molar-refractivity contribution is 5.80. The van der Waals surface area contributed by atoms with Gasteiger partial charge in [0.25, 0.3) is 0 Å². The molecule has 0 bridgehead atoms. The van der Waals surface area contributed by atoms with Gasteiger partial charge in [-0.15, -0.1) is 0 Å². The molecule has 1 saturated carbocycles. The summed E-state index contributed by atoms with van der Waals surface area (Å²) in [5.74, 6) is 0.652. The second-order valence-electron chi connectivity index (χ2n) is 4.55. The molecule has 1 fully saturated rings. The third-order valence-corrected chi connectivity index (χ3v) is 3.53. The molecule has 3 nitrogen and oxygen atoms in total. The Kier molecular flexibility index (Phi) is 2.04. The van der Waals surface area contributed by atoms with Crippen molar-refractivity contribution in [2.24, 2.45) is 4.99 Å². The molecule has 1 spiro atoms. The van der Waals surface area contributed by atoms with E-state index in [-0.39, 0.29) is 0 Å². The number of para-hydroxylation sites is 1. The van der Waals surface area contributed by atoms with Gasteiger partial charge in [0.2, 0.25) is 0 Å². The Hall–Kier alpha value is -1.35. The molecule has 1 aliphatic heterocycles. The highest BCUT2D eigenvalue weighted by atomic mass is 16.5. The summed E-state index contributed by atoms with van der Waals surface area (Å²) in [5.41, 5.74) is 1.43. The van der Waals surface area contributed by atoms with Gasteiger partial charge in [-0.1, -0.05) is 18.2 Å². The van der Waals surface area contributed by atoms with Gasteiger partial charge in [-0.05, 0) is 25.3 Å². The van der Waals surface area contributed by atoms with Crippen LogP contribution in [0.2, 0.25) is 0 Å². The highest BCUT2D eigenvalue weighted by Gasteiger charge is 2.48. The molecule has 0 radical (unpaired) electrons. The van der Waals surface area contributed by atoms with Gasteiger partial charge in [0, 0.05) is 12.5 Å². The summed E-state index contributed by atoms with van der Waals surface area (Å²) in [6, 6.07) is 7.94. The summed E-state index contributed by atoms with van der Waals surface area (Å²) in [6.45, 7) is 1.85. The maximum atomic E-state index is 10.2. The number of hydrogen-bond donors (Lipinski definition) is 1. The lowest BCUT2D eigenvalue weighted by Crippen LogP contribution is -2.40. The van der Waals surface area contributed by atoms with E-state index in [1.54, 1.807) is 0 Å². The van der Waals surface area contributed by atoms with E-state index < -0.39 is 11.7 Å². The van der Waals surface area contributed by atoms with Crippen LogP contribution >= 0.6 is 0 Å². The fourth-order valence-corrected chi connectivity index (χ4v) is 2.83. The van der Waals surface area contributed by atoms with Gasteiger partial charge in [-0.2, -0.15) is 0 Å². The largest absolute Gasteiger partial charge is 0.467 e. The van der Waals surface area contributed by atoms with Crippen molar-refractivity contribution in [2.75, 3.05) is 0 Å². The predicted octanol–water partition coefficient (Wildman–Crippen LogP) is 2.51. The Balaban J connectivity index is 2.19. The van der Waals surface area contributed by atoms with Crippen LogP contribution < -0.4 is 0 Å². The monoisotopic (exact) mass is 217 g/mol. The van der Waals surface area contributed by atoms with E-state index in [4.69, 9.17) is 4.74 Å². The Morgan fingerprint density at radius 1 is 1.44 bits per heavy atom. The van der Waals surface area contributed by atoms with Gasteiger partial charge < -0.3 is 9.84 Å². The first-order valence-corrected chi connectivity index (χ1v) is 5.74. The number of aliphatic hydroxyl groups excluding tert-OH is 1. The van der Waals surface area contributed by atoms with Crippen LogP contribution in [0.15, 0.2) is 29.3 Å². The van der Waals surface area contributed by atoms with Crippen molar-refractivity contribution in [2.45, 2.75) is 37.9 Å². The van der Waals surface area contributed by atoms with Gasteiger partial charge in [0.1, 0.15) is 0 Å². The fourth-order valence-electron chi connectivity index (χ4n) is 2.83. The molecule has 1 heterocycles. The molecule has 16 heavy (non-hydrogen) atoms. The average Bonchev–Trinajstić information content (AvgIpc) is 2.61. The molecular formula is C13H15NO2. The lowest BCUT2D eigenvalue weighted by molar-refractivity contribution is -0.0488. The van der Waals surface area contributed by atoms with Crippen molar-refractivity contribution in [3.63, 3.8) is 0 Å². The normalized spacial score (nSPS) is 32.1. The van der Waals surface area contributed by atoms with Crippen LogP contribution in [0.5, 0.6) is 0 Å². The van der Waals surface area contributed by atoms with Crippen molar-refractivity contribution in [3.05, 3.63) is 29.8 Å². The van der Waals surface area contributed by atoms with Crippen molar-refractivity contribution in [3.8, 4) is 0 Å². The number of aliphatic hydroxyl groups is 1. The Labute approximate surface area is 94.8 Å². The number of ether oxygens (including phenoxy) is 1. The van der Waals surface area contributed by atoms with Gasteiger partial charge in [0.05, 0.1) is 11.8 Å². The minimum atomic E-state index is -0.539. The van der Waals surface area contributed by atoms with Crippen LogP contribution in [0, 0.1) is 0 Å². The van der Waals surface area contributed by atoms with E-state index in [9.17, 15) is 5.11 Å². The second-order valence-corrected chi connectivity index (χ2v) is 4.55. The molecule has 3 heteroatoms. The van der Waals surface area contributed by atoms with Crippen molar-refractivity contribution < 1.29 is 9.84 Å². The average molecular weight is 217 g/mol. The molecule has 0 amide bonds. The summed E-state index contributed by atoms with van der Waals surface area (Å²) in [6.07, 6.45) is 2.27. The van der Waals surface area contributed by atoms with Crippen LogP contribution in [0.1, 0.15) is 31.7 Å². The third-order valence-electron chi connectivity index (χ3n) is 3.53. The summed E-state index contributed by atoms with van der Waals surface area (Å²) < 4.78 is 5.87. The van der Waals surface area contributed by atoms with E-state index in [1.807, 2.05) is 31.2 Å². The molecule has 84 valence electrons. The Bertz CT molecular complexity index is 455. The van der Waals surface area contributed by atoms with Crippen LogP contribution in [0.3, 0.4) is 0 Å². The van der Waals surface area contributed by atoms with Gasteiger partial charge in [-0.3, -0.25) is 0 Å². The second kappa shape index (κ2) is 3.32. The van der Waals surface area contributed by atoms with Crippen molar-refractivity contribution in [1.82, 2.24) is 0 Å². The number of nitrogens with zero attached hydrogens (tertiary/aromatic N) is 1. The number of aliphatic imine (C=N–C) groups is 1. The lowest BCUT2D eigenvalue weighted by Gasteiger charge is -2.37. The highest BCUT2D eigenvalue weighted by Crippen LogP contribution is 2.48. The molecule has 1 aliphatic carbocycles. The quantitative estimate of drug-likeness (QED) is 0.725. The number of hydrogen-bond acceptors (Lipinski definition) is 3. The maximum absolute atomic E-state index is 10.2. The third kappa shape index (κ3) is 1.21. The molecule has 2 unspecified atom stereocenters. The fraction of sp³-hybridized carbons (Fsp3) is 0.462. The molecule has 1 aromatic rings. The van der Waals surface area contributed by atoms with E-state index >= 15 is 0 Å². The van der Waals surface area contributed by atoms with Gasteiger partial charge >= 0.3 is 0 Å². The predicted molar refractivity (Wildman–Crippen MR) is 61.8 cm³/mol. The summed E-state index contributed by atoms with van der Waals surface area (Å²) >= 11 is 0. The smallest absolute Gasteiger partial charge is 0.186 e. The van der Waals surface area contributed by atoms with Crippen LogP contribution in [-0.4, -0.2) is 17.1 Å². The zero-order chi connectivity index (χ0) is 11.2. The molecule has 3 rings (SSSR count). The molecule has 0 aromatic heterocycles. The standard InChI is InChI=1S/C13H15NO2/c1-9-14-11-6-3-2-5-10(11)13(16-9)8-4-7-12(13)15/h2-3,5-6,12,15H,4,7-8H2,1H3. The first-order chi connectivity index (χ1) is 7.72. The zero-order valence-corrected chi connectivity index (χ0v) is 9.31. The minimum Gasteiger partial charge on any atom is -0.467 e. The SMILES string of the molecule is CC1=Nc2ccccc2C2(CCCC2O)O1. The first kappa shape index (κ1) is 9.85. The minimum absolute atomic E-state index is 0.418.